The first-order chi connectivity index (χ1) is 8.59. The molecule has 0 aliphatic carbocycles. The van der Waals surface area contributed by atoms with E-state index in [1.807, 2.05) is 0 Å². The SMILES string of the molecule is O=c1cnccn1CC(O)c1cccc(F)c1F. The summed E-state index contributed by atoms with van der Waals surface area (Å²) in [7, 11) is 0. The standard InChI is InChI=1S/C12H10F2N2O2/c13-9-3-1-2-8(12(9)14)10(17)7-16-5-4-15-6-11(16)18/h1-6,10,17H,7H2. The van der Waals surface area contributed by atoms with Crippen LogP contribution in [0.25, 0.3) is 0 Å². The second-order valence-corrected chi connectivity index (χ2v) is 3.73. The molecule has 0 aliphatic rings. The molecule has 1 heterocycles. The van der Waals surface area contributed by atoms with Gasteiger partial charge in [0.1, 0.15) is 0 Å². The van der Waals surface area contributed by atoms with E-state index >= 15 is 0 Å². The number of rotatable bonds is 3. The van der Waals surface area contributed by atoms with E-state index in [1.165, 1.54) is 29.1 Å². The number of aliphatic hydroxyl groups is 1. The van der Waals surface area contributed by atoms with E-state index in [4.69, 9.17) is 0 Å². The zero-order valence-corrected chi connectivity index (χ0v) is 9.25. The molecule has 6 heteroatoms. The molecular formula is C12H10F2N2O2. The Labute approximate surface area is 101 Å². The fraction of sp³-hybridized carbons (Fsp3) is 0.167. The normalized spacial score (nSPS) is 12.4. The third-order valence-electron chi connectivity index (χ3n) is 2.51. The third-order valence-corrected chi connectivity index (χ3v) is 2.51. The first-order valence-electron chi connectivity index (χ1n) is 5.22. The van der Waals surface area contributed by atoms with Crippen LogP contribution in [0.5, 0.6) is 0 Å². The molecule has 0 saturated heterocycles. The summed E-state index contributed by atoms with van der Waals surface area (Å²) in [6, 6.07) is 3.53. The average molecular weight is 252 g/mol. The van der Waals surface area contributed by atoms with Crippen LogP contribution in [-0.2, 0) is 6.54 Å². The van der Waals surface area contributed by atoms with Crippen molar-refractivity contribution in [2.24, 2.45) is 0 Å². The minimum absolute atomic E-state index is 0.165. The molecule has 0 aliphatic heterocycles. The van der Waals surface area contributed by atoms with Crippen LogP contribution < -0.4 is 5.56 Å². The molecule has 2 aromatic rings. The lowest BCUT2D eigenvalue weighted by molar-refractivity contribution is 0.149. The van der Waals surface area contributed by atoms with Crippen LogP contribution in [0, 0.1) is 11.6 Å². The predicted molar refractivity (Wildman–Crippen MR) is 59.8 cm³/mol. The highest BCUT2D eigenvalue weighted by atomic mass is 19.2. The van der Waals surface area contributed by atoms with Gasteiger partial charge < -0.3 is 9.67 Å². The van der Waals surface area contributed by atoms with Crippen LogP contribution in [-0.4, -0.2) is 14.7 Å². The van der Waals surface area contributed by atoms with Crippen LogP contribution in [0.1, 0.15) is 11.7 Å². The van der Waals surface area contributed by atoms with Gasteiger partial charge in [-0.15, -0.1) is 0 Å². The van der Waals surface area contributed by atoms with Crippen molar-refractivity contribution >= 4 is 0 Å². The van der Waals surface area contributed by atoms with Crippen molar-refractivity contribution in [3.05, 3.63) is 64.3 Å². The van der Waals surface area contributed by atoms with E-state index in [0.29, 0.717) is 0 Å². The lowest BCUT2D eigenvalue weighted by Gasteiger charge is -2.13. The summed E-state index contributed by atoms with van der Waals surface area (Å²) >= 11 is 0. The number of aliphatic hydroxyl groups excluding tert-OH is 1. The van der Waals surface area contributed by atoms with Crippen molar-refractivity contribution in [2.45, 2.75) is 12.6 Å². The number of aromatic nitrogens is 2. The molecular weight excluding hydrogens is 242 g/mol. The maximum absolute atomic E-state index is 13.4. The molecule has 1 N–H and O–H groups in total. The summed E-state index contributed by atoms with van der Waals surface area (Å²) in [5.74, 6) is -2.14. The Balaban J connectivity index is 2.28. The largest absolute Gasteiger partial charge is 0.386 e. The van der Waals surface area contributed by atoms with E-state index in [1.54, 1.807) is 0 Å². The van der Waals surface area contributed by atoms with Crippen molar-refractivity contribution in [1.82, 2.24) is 9.55 Å². The molecule has 0 spiro atoms. The van der Waals surface area contributed by atoms with Gasteiger partial charge in [-0.05, 0) is 6.07 Å². The fourth-order valence-corrected chi connectivity index (χ4v) is 1.59. The number of hydrogen-bond donors (Lipinski definition) is 1. The van der Waals surface area contributed by atoms with Gasteiger partial charge in [0.15, 0.2) is 11.6 Å². The smallest absolute Gasteiger partial charge is 0.269 e. The van der Waals surface area contributed by atoms with Crippen molar-refractivity contribution in [2.75, 3.05) is 0 Å². The number of halogens is 2. The molecule has 18 heavy (non-hydrogen) atoms. The Hall–Kier alpha value is -2.08. The molecule has 1 atom stereocenters. The Morgan fingerprint density at radius 3 is 2.89 bits per heavy atom. The highest BCUT2D eigenvalue weighted by molar-refractivity contribution is 5.21. The van der Waals surface area contributed by atoms with E-state index < -0.39 is 23.3 Å². The monoisotopic (exact) mass is 252 g/mol. The Morgan fingerprint density at radius 2 is 2.17 bits per heavy atom. The molecule has 1 aromatic carbocycles. The predicted octanol–water partition coefficient (Wildman–Crippen LogP) is 1.26. The topological polar surface area (TPSA) is 55.1 Å². The van der Waals surface area contributed by atoms with Gasteiger partial charge in [0.25, 0.3) is 5.56 Å². The lowest BCUT2D eigenvalue weighted by atomic mass is 10.1. The second-order valence-electron chi connectivity index (χ2n) is 3.73. The van der Waals surface area contributed by atoms with Crippen molar-refractivity contribution in [1.29, 1.82) is 0 Å². The van der Waals surface area contributed by atoms with E-state index in [-0.39, 0.29) is 12.1 Å². The molecule has 94 valence electrons. The second kappa shape index (κ2) is 5.05. The van der Waals surface area contributed by atoms with Crippen molar-refractivity contribution in [3.8, 4) is 0 Å². The minimum Gasteiger partial charge on any atom is -0.386 e. The molecule has 0 bridgehead atoms. The van der Waals surface area contributed by atoms with E-state index in [2.05, 4.69) is 4.98 Å². The maximum atomic E-state index is 13.4. The molecule has 1 aromatic heterocycles. The summed E-state index contributed by atoms with van der Waals surface area (Å²) in [6.07, 6.45) is 2.51. The Kier molecular flexibility index (Phi) is 3.47. The van der Waals surface area contributed by atoms with Crippen LogP contribution >= 0.6 is 0 Å². The van der Waals surface area contributed by atoms with Gasteiger partial charge in [-0.1, -0.05) is 12.1 Å². The Morgan fingerprint density at radius 1 is 1.39 bits per heavy atom. The van der Waals surface area contributed by atoms with Crippen molar-refractivity contribution < 1.29 is 13.9 Å². The van der Waals surface area contributed by atoms with Gasteiger partial charge in [0.05, 0.1) is 18.8 Å². The van der Waals surface area contributed by atoms with Gasteiger partial charge in [-0.25, -0.2) is 8.78 Å². The fourth-order valence-electron chi connectivity index (χ4n) is 1.59. The van der Waals surface area contributed by atoms with Gasteiger partial charge in [0, 0.05) is 18.0 Å². The number of benzene rings is 1. The minimum atomic E-state index is -1.30. The average Bonchev–Trinajstić information content (AvgIpc) is 2.35. The van der Waals surface area contributed by atoms with Gasteiger partial charge in [-0.3, -0.25) is 9.78 Å². The molecule has 0 radical (unpaired) electrons. The molecule has 0 amide bonds. The first-order valence-corrected chi connectivity index (χ1v) is 5.22. The van der Waals surface area contributed by atoms with Gasteiger partial charge >= 0.3 is 0 Å². The van der Waals surface area contributed by atoms with Crippen molar-refractivity contribution in [3.63, 3.8) is 0 Å². The zero-order valence-electron chi connectivity index (χ0n) is 9.25. The molecule has 4 nitrogen and oxygen atoms in total. The summed E-state index contributed by atoms with van der Waals surface area (Å²) in [5.41, 5.74) is -0.605. The highest BCUT2D eigenvalue weighted by Crippen LogP contribution is 2.20. The van der Waals surface area contributed by atoms with Crippen LogP contribution in [0.3, 0.4) is 0 Å². The number of nitrogens with zero attached hydrogens (tertiary/aromatic N) is 2. The third kappa shape index (κ3) is 2.43. The van der Waals surface area contributed by atoms with Gasteiger partial charge in [-0.2, -0.15) is 0 Å². The van der Waals surface area contributed by atoms with Crippen LogP contribution in [0.2, 0.25) is 0 Å². The van der Waals surface area contributed by atoms with E-state index in [9.17, 15) is 18.7 Å². The lowest BCUT2D eigenvalue weighted by Crippen LogP contribution is -2.22. The van der Waals surface area contributed by atoms with E-state index in [0.717, 1.165) is 12.3 Å². The molecule has 0 fully saturated rings. The molecule has 2 rings (SSSR count). The quantitative estimate of drug-likeness (QED) is 0.894. The van der Waals surface area contributed by atoms with Gasteiger partial charge in [0.2, 0.25) is 0 Å². The first kappa shape index (κ1) is 12.4. The molecule has 0 saturated carbocycles. The summed E-state index contributed by atoms with van der Waals surface area (Å²) in [6.45, 7) is -0.165. The summed E-state index contributed by atoms with van der Waals surface area (Å²) in [5, 5.41) is 9.82. The summed E-state index contributed by atoms with van der Waals surface area (Å²) < 4.78 is 27.6. The number of hydrogen-bond acceptors (Lipinski definition) is 3. The zero-order chi connectivity index (χ0) is 13.1. The summed E-state index contributed by atoms with van der Waals surface area (Å²) in [4.78, 5) is 15.0. The van der Waals surface area contributed by atoms with Crippen LogP contribution in [0.4, 0.5) is 8.78 Å². The Bertz CT molecular complexity index is 613. The maximum Gasteiger partial charge on any atom is 0.269 e. The molecule has 1 unspecified atom stereocenters. The highest BCUT2D eigenvalue weighted by Gasteiger charge is 2.16. The van der Waals surface area contributed by atoms with Crippen LogP contribution in [0.15, 0.2) is 41.6 Å².